The molecule has 2 N–H and O–H groups in total. The van der Waals surface area contributed by atoms with Crippen LogP contribution in [0.2, 0.25) is 0 Å². The van der Waals surface area contributed by atoms with E-state index < -0.39 is 11.9 Å². The Bertz CT molecular complexity index is 1350. The smallest absolute Gasteiger partial charge is 0.306 e. The summed E-state index contributed by atoms with van der Waals surface area (Å²) in [5.74, 6) is -0.169. The number of benzene rings is 2. The number of carbonyl (C=O) groups excluding carboxylic acids is 1. The fraction of sp³-hybridized carbons (Fsp3) is 0.222. The monoisotopic (exact) mass is 473 g/mol. The van der Waals surface area contributed by atoms with Gasteiger partial charge in [0.05, 0.1) is 25.4 Å². The maximum Gasteiger partial charge on any atom is 0.306 e. The zero-order chi connectivity index (χ0) is 24.8. The molecule has 0 unspecified atom stereocenters. The zero-order valence-electron chi connectivity index (χ0n) is 19.6. The fourth-order valence-electron chi connectivity index (χ4n) is 4.08. The van der Waals surface area contributed by atoms with Gasteiger partial charge in [0.25, 0.3) is 5.56 Å². The highest BCUT2D eigenvalue weighted by Crippen LogP contribution is 2.34. The van der Waals surface area contributed by atoms with Crippen molar-refractivity contribution in [1.82, 2.24) is 14.5 Å². The fourth-order valence-corrected chi connectivity index (χ4v) is 4.08. The Morgan fingerprint density at radius 1 is 1.11 bits per heavy atom. The van der Waals surface area contributed by atoms with Gasteiger partial charge >= 0.3 is 5.97 Å². The molecule has 0 aliphatic heterocycles. The summed E-state index contributed by atoms with van der Waals surface area (Å²) in [5, 5.41) is 10.9. The molecule has 0 fully saturated rings. The minimum Gasteiger partial charge on any atom is -0.507 e. The molecule has 4 aromatic rings. The van der Waals surface area contributed by atoms with E-state index in [9.17, 15) is 14.7 Å². The number of methoxy groups -OCH3 is 1. The van der Waals surface area contributed by atoms with Crippen LogP contribution in [0.5, 0.6) is 17.2 Å². The molecule has 4 rings (SSSR count). The second-order valence-corrected chi connectivity index (χ2v) is 8.19. The number of hydrogen-bond donors (Lipinski definition) is 2. The molecule has 0 saturated heterocycles. The van der Waals surface area contributed by atoms with Gasteiger partial charge in [-0.25, -0.2) is 4.98 Å². The lowest BCUT2D eigenvalue weighted by atomic mass is 9.88. The van der Waals surface area contributed by atoms with Crippen LogP contribution in [0.3, 0.4) is 0 Å². The van der Waals surface area contributed by atoms with Gasteiger partial charge in [0.15, 0.2) is 0 Å². The lowest BCUT2D eigenvalue weighted by Crippen LogP contribution is -2.29. The van der Waals surface area contributed by atoms with E-state index in [1.807, 2.05) is 30.3 Å². The number of aryl methyl sites for hydroxylation is 2. The number of para-hydroxylation sites is 1. The molecule has 0 saturated carbocycles. The van der Waals surface area contributed by atoms with Gasteiger partial charge in [-0.15, -0.1) is 0 Å². The quantitative estimate of drug-likeness (QED) is 0.351. The van der Waals surface area contributed by atoms with Gasteiger partial charge in [-0.3, -0.25) is 9.59 Å². The summed E-state index contributed by atoms with van der Waals surface area (Å²) in [7, 11) is 1.30. The van der Waals surface area contributed by atoms with Crippen LogP contribution in [0, 0.1) is 6.92 Å². The topological polar surface area (TPSA) is 106 Å². The van der Waals surface area contributed by atoms with Crippen molar-refractivity contribution in [2.45, 2.75) is 32.2 Å². The SMILES string of the molecule is COC(=O)C[C@@H](c1cccc(Oc2ccccc2)c1)c1c(O)cc(C)n(CCc2cnc[nH]2)c1=O. The van der Waals surface area contributed by atoms with Crippen molar-refractivity contribution in [3.05, 3.63) is 106 Å². The van der Waals surface area contributed by atoms with E-state index in [4.69, 9.17) is 9.47 Å². The maximum absolute atomic E-state index is 13.6. The molecule has 0 aliphatic carbocycles. The Morgan fingerprint density at radius 2 is 1.89 bits per heavy atom. The molecule has 0 aliphatic rings. The molecule has 8 heteroatoms. The van der Waals surface area contributed by atoms with Gasteiger partial charge in [-0.1, -0.05) is 30.3 Å². The molecule has 0 spiro atoms. The number of nitrogens with zero attached hydrogens (tertiary/aromatic N) is 2. The Morgan fingerprint density at radius 3 is 2.60 bits per heavy atom. The summed E-state index contributed by atoms with van der Waals surface area (Å²) < 4.78 is 12.5. The van der Waals surface area contributed by atoms with Gasteiger partial charge in [0.1, 0.15) is 17.2 Å². The van der Waals surface area contributed by atoms with E-state index in [0.717, 1.165) is 5.69 Å². The van der Waals surface area contributed by atoms with Crippen LogP contribution in [-0.4, -0.2) is 32.7 Å². The normalized spacial score (nSPS) is 11.7. The summed E-state index contributed by atoms with van der Waals surface area (Å²) in [6.45, 7) is 2.16. The molecular weight excluding hydrogens is 446 g/mol. The lowest BCUT2D eigenvalue weighted by molar-refractivity contribution is -0.140. The number of H-pyrrole nitrogens is 1. The maximum atomic E-state index is 13.6. The van der Waals surface area contributed by atoms with Crippen molar-refractivity contribution in [1.29, 1.82) is 0 Å². The number of imidazole rings is 1. The Hall–Kier alpha value is -4.33. The number of hydrogen-bond acceptors (Lipinski definition) is 6. The van der Waals surface area contributed by atoms with E-state index in [-0.39, 0.29) is 23.3 Å². The van der Waals surface area contributed by atoms with Crippen molar-refractivity contribution in [3.63, 3.8) is 0 Å². The van der Waals surface area contributed by atoms with Crippen molar-refractivity contribution in [2.75, 3.05) is 7.11 Å². The van der Waals surface area contributed by atoms with E-state index in [2.05, 4.69) is 9.97 Å². The third-order valence-electron chi connectivity index (χ3n) is 5.87. The van der Waals surface area contributed by atoms with Crippen molar-refractivity contribution >= 4 is 5.97 Å². The third kappa shape index (κ3) is 5.60. The van der Waals surface area contributed by atoms with Crippen LogP contribution >= 0.6 is 0 Å². The first-order chi connectivity index (χ1) is 17.0. The van der Waals surface area contributed by atoms with Crippen LogP contribution < -0.4 is 10.3 Å². The molecule has 0 amide bonds. The number of nitrogens with one attached hydrogen (secondary N) is 1. The number of ether oxygens (including phenoxy) is 2. The molecule has 0 radical (unpaired) electrons. The first-order valence-electron chi connectivity index (χ1n) is 11.3. The highest BCUT2D eigenvalue weighted by atomic mass is 16.5. The van der Waals surface area contributed by atoms with E-state index in [0.29, 0.717) is 35.7 Å². The standard InChI is InChI=1S/C27H27N3O5/c1-18-13-24(31)26(27(33)30(18)12-11-20-16-28-17-29-20)23(15-25(32)34-2)19-7-6-10-22(14-19)35-21-8-4-3-5-9-21/h3-10,13-14,16-17,23,31H,11-12,15H2,1-2H3,(H,28,29)/t23-/m0/s1. The Balaban J connectivity index is 1.74. The van der Waals surface area contributed by atoms with Gasteiger partial charge in [0.2, 0.25) is 0 Å². The van der Waals surface area contributed by atoms with E-state index in [1.165, 1.54) is 7.11 Å². The second-order valence-electron chi connectivity index (χ2n) is 8.19. The van der Waals surface area contributed by atoms with Crippen LogP contribution in [0.1, 0.15) is 34.9 Å². The van der Waals surface area contributed by atoms with Gasteiger partial charge in [-0.05, 0) is 42.8 Å². The predicted octanol–water partition coefficient (Wildman–Crippen LogP) is 4.32. The highest BCUT2D eigenvalue weighted by Gasteiger charge is 2.27. The molecular formula is C27H27N3O5. The molecule has 2 aromatic heterocycles. The minimum absolute atomic E-state index is 0.113. The molecule has 2 heterocycles. The van der Waals surface area contributed by atoms with Crippen LogP contribution in [-0.2, 0) is 22.5 Å². The van der Waals surface area contributed by atoms with Crippen LogP contribution in [0.15, 0.2) is 78.0 Å². The number of pyridine rings is 1. The number of rotatable bonds is 9. The second kappa shape index (κ2) is 10.7. The largest absolute Gasteiger partial charge is 0.507 e. The van der Waals surface area contributed by atoms with Crippen LogP contribution in [0.4, 0.5) is 0 Å². The van der Waals surface area contributed by atoms with Gasteiger partial charge in [0, 0.05) is 36.5 Å². The Labute approximate surface area is 202 Å². The first kappa shape index (κ1) is 23.8. The average Bonchev–Trinajstić information content (AvgIpc) is 3.37. The molecule has 0 bridgehead atoms. The summed E-state index contributed by atoms with van der Waals surface area (Å²) in [4.78, 5) is 33.0. The number of aromatic hydroxyl groups is 1. The zero-order valence-corrected chi connectivity index (χ0v) is 19.6. The van der Waals surface area contributed by atoms with E-state index >= 15 is 0 Å². The third-order valence-corrected chi connectivity index (χ3v) is 5.87. The summed E-state index contributed by atoms with van der Waals surface area (Å²) in [6.07, 6.45) is 3.74. The molecule has 2 aromatic carbocycles. The van der Waals surface area contributed by atoms with Crippen LogP contribution in [0.25, 0.3) is 0 Å². The molecule has 180 valence electrons. The average molecular weight is 474 g/mol. The summed E-state index contributed by atoms with van der Waals surface area (Å²) >= 11 is 0. The minimum atomic E-state index is -0.728. The van der Waals surface area contributed by atoms with Gasteiger partial charge < -0.3 is 24.1 Å². The Kier molecular flexibility index (Phi) is 7.30. The van der Waals surface area contributed by atoms with Gasteiger partial charge in [-0.2, -0.15) is 0 Å². The number of carbonyl (C=O) groups is 1. The first-order valence-corrected chi connectivity index (χ1v) is 11.3. The number of aromatic nitrogens is 3. The van der Waals surface area contributed by atoms with Crippen molar-refractivity contribution in [2.24, 2.45) is 0 Å². The lowest BCUT2D eigenvalue weighted by Gasteiger charge is -2.21. The molecule has 8 nitrogen and oxygen atoms in total. The van der Waals surface area contributed by atoms with Crippen molar-refractivity contribution in [3.8, 4) is 17.2 Å². The highest BCUT2D eigenvalue weighted by molar-refractivity contribution is 5.71. The molecule has 35 heavy (non-hydrogen) atoms. The predicted molar refractivity (Wildman–Crippen MR) is 131 cm³/mol. The molecule has 1 atom stereocenters. The van der Waals surface area contributed by atoms with E-state index in [1.54, 1.807) is 54.3 Å². The summed E-state index contributed by atoms with van der Waals surface area (Å²) in [5.41, 5.74) is 1.95. The number of esters is 1. The van der Waals surface area contributed by atoms with Crippen molar-refractivity contribution < 1.29 is 19.4 Å². The summed E-state index contributed by atoms with van der Waals surface area (Å²) in [6, 6.07) is 18.0. The number of aromatic amines is 1.